The summed E-state index contributed by atoms with van der Waals surface area (Å²) in [6.45, 7) is 4.10. The second-order valence-corrected chi connectivity index (χ2v) is 7.27. The summed E-state index contributed by atoms with van der Waals surface area (Å²) in [4.78, 5) is 0.461. The van der Waals surface area contributed by atoms with E-state index in [1.54, 1.807) is 12.1 Å². The maximum Gasteiger partial charge on any atom is 0.181 e. The van der Waals surface area contributed by atoms with Crippen molar-refractivity contribution in [3.05, 3.63) is 59.2 Å². The molecule has 0 amide bonds. The molecule has 0 aromatic heterocycles. The van der Waals surface area contributed by atoms with Gasteiger partial charge in [-0.15, -0.1) is 0 Å². The molecule has 1 unspecified atom stereocenters. The molecule has 0 aliphatic carbocycles. The Bertz CT molecular complexity index is 766. The first-order chi connectivity index (χ1) is 9.49. The van der Waals surface area contributed by atoms with E-state index in [4.69, 9.17) is 0 Å². The minimum absolute atomic E-state index is 0.125. The molecule has 1 heterocycles. The van der Waals surface area contributed by atoms with Crippen LogP contribution < -0.4 is 5.32 Å². The van der Waals surface area contributed by atoms with Crippen molar-refractivity contribution in [1.82, 2.24) is 0 Å². The van der Waals surface area contributed by atoms with Gasteiger partial charge in [-0.05, 0) is 42.7 Å². The summed E-state index contributed by atoms with van der Waals surface area (Å²) in [7, 11) is -3.16. The number of hydrogen-bond acceptors (Lipinski definition) is 3. The number of benzene rings is 2. The zero-order valence-electron chi connectivity index (χ0n) is 11.6. The standard InChI is InChI=1S/C16H17NO2S/c1-11-6-5-8-14(12(11)2)17-15-10-20(18,19)16-9-4-3-7-13(15)16/h3-9,15,17H,10H2,1-2H3. The fourth-order valence-electron chi connectivity index (χ4n) is 2.67. The van der Waals surface area contributed by atoms with Crippen molar-refractivity contribution in [3.8, 4) is 0 Å². The molecule has 0 radical (unpaired) electrons. The first kappa shape index (κ1) is 13.2. The van der Waals surface area contributed by atoms with Crippen LogP contribution in [0.15, 0.2) is 47.4 Å². The number of fused-ring (bicyclic) bond motifs is 1. The molecule has 0 bridgehead atoms. The number of rotatable bonds is 2. The largest absolute Gasteiger partial charge is 0.377 e. The van der Waals surface area contributed by atoms with E-state index in [1.165, 1.54) is 5.56 Å². The van der Waals surface area contributed by atoms with E-state index < -0.39 is 9.84 Å². The average molecular weight is 287 g/mol. The van der Waals surface area contributed by atoms with Crippen LogP contribution in [0.1, 0.15) is 22.7 Å². The van der Waals surface area contributed by atoms with Crippen molar-refractivity contribution in [1.29, 1.82) is 0 Å². The predicted octanol–water partition coefficient (Wildman–Crippen LogP) is 3.24. The Balaban J connectivity index is 2.00. The summed E-state index contributed by atoms with van der Waals surface area (Å²) in [6.07, 6.45) is 0. The summed E-state index contributed by atoms with van der Waals surface area (Å²) in [5.41, 5.74) is 4.23. The van der Waals surface area contributed by atoms with Gasteiger partial charge in [0.2, 0.25) is 0 Å². The van der Waals surface area contributed by atoms with Crippen LogP contribution in [-0.2, 0) is 9.84 Å². The van der Waals surface area contributed by atoms with Crippen LogP contribution in [0.25, 0.3) is 0 Å². The molecule has 0 fully saturated rings. The molecule has 3 rings (SSSR count). The van der Waals surface area contributed by atoms with E-state index in [1.807, 2.05) is 31.2 Å². The average Bonchev–Trinajstić information content (AvgIpc) is 2.67. The Morgan fingerprint density at radius 3 is 2.60 bits per heavy atom. The number of anilines is 1. The number of aryl methyl sites for hydroxylation is 1. The van der Waals surface area contributed by atoms with Gasteiger partial charge in [0, 0.05) is 5.69 Å². The summed E-state index contributed by atoms with van der Waals surface area (Å²) in [5.74, 6) is 0.125. The van der Waals surface area contributed by atoms with Gasteiger partial charge in [0.05, 0.1) is 16.7 Å². The first-order valence-electron chi connectivity index (χ1n) is 6.63. The lowest BCUT2D eigenvalue weighted by Crippen LogP contribution is -2.13. The molecule has 3 nitrogen and oxygen atoms in total. The van der Waals surface area contributed by atoms with Crippen molar-refractivity contribution in [3.63, 3.8) is 0 Å². The second-order valence-electron chi connectivity index (χ2n) is 5.26. The summed E-state index contributed by atoms with van der Waals surface area (Å²) in [5, 5.41) is 3.38. The van der Waals surface area contributed by atoms with Crippen LogP contribution in [0.2, 0.25) is 0 Å². The van der Waals surface area contributed by atoms with Gasteiger partial charge in [-0.2, -0.15) is 0 Å². The molecular weight excluding hydrogens is 270 g/mol. The van der Waals surface area contributed by atoms with E-state index in [0.29, 0.717) is 4.90 Å². The molecule has 20 heavy (non-hydrogen) atoms. The van der Waals surface area contributed by atoms with Crippen molar-refractivity contribution in [2.24, 2.45) is 0 Å². The third-order valence-electron chi connectivity index (χ3n) is 3.95. The lowest BCUT2D eigenvalue weighted by atomic mass is 10.1. The van der Waals surface area contributed by atoms with Gasteiger partial charge in [-0.3, -0.25) is 0 Å². The van der Waals surface area contributed by atoms with Crippen LogP contribution in [0.4, 0.5) is 5.69 Å². The van der Waals surface area contributed by atoms with Gasteiger partial charge in [-0.1, -0.05) is 30.3 Å². The molecule has 1 atom stereocenters. The third-order valence-corrected chi connectivity index (χ3v) is 5.76. The number of nitrogens with one attached hydrogen (secondary N) is 1. The van der Waals surface area contributed by atoms with Crippen molar-refractivity contribution in [2.45, 2.75) is 24.8 Å². The minimum Gasteiger partial charge on any atom is -0.377 e. The van der Waals surface area contributed by atoms with E-state index in [9.17, 15) is 8.42 Å². The van der Waals surface area contributed by atoms with E-state index in [0.717, 1.165) is 16.8 Å². The molecule has 4 heteroatoms. The van der Waals surface area contributed by atoms with E-state index >= 15 is 0 Å². The molecule has 1 aliphatic heterocycles. The smallest absolute Gasteiger partial charge is 0.181 e. The van der Waals surface area contributed by atoms with Crippen molar-refractivity contribution < 1.29 is 8.42 Å². The van der Waals surface area contributed by atoms with Gasteiger partial charge in [0.1, 0.15) is 0 Å². The topological polar surface area (TPSA) is 46.2 Å². The van der Waals surface area contributed by atoms with Crippen molar-refractivity contribution >= 4 is 15.5 Å². The van der Waals surface area contributed by atoms with Gasteiger partial charge in [-0.25, -0.2) is 8.42 Å². The maximum absolute atomic E-state index is 12.2. The zero-order valence-corrected chi connectivity index (χ0v) is 12.4. The Morgan fingerprint density at radius 2 is 1.80 bits per heavy atom. The highest BCUT2D eigenvalue weighted by atomic mass is 32.2. The normalized spacial score (nSPS) is 19.6. The first-order valence-corrected chi connectivity index (χ1v) is 8.29. The van der Waals surface area contributed by atoms with Gasteiger partial charge < -0.3 is 5.32 Å². The zero-order chi connectivity index (χ0) is 14.3. The quantitative estimate of drug-likeness (QED) is 0.922. The summed E-state index contributed by atoms with van der Waals surface area (Å²) in [6, 6.07) is 13.1. The Hall–Kier alpha value is -1.81. The van der Waals surface area contributed by atoms with E-state index in [-0.39, 0.29) is 11.8 Å². The third kappa shape index (κ3) is 2.10. The van der Waals surface area contributed by atoms with E-state index in [2.05, 4.69) is 18.3 Å². The molecule has 104 valence electrons. The molecular formula is C16H17NO2S. The predicted molar refractivity (Wildman–Crippen MR) is 80.8 cm³/mol. The molecule has 2 aromatic rings. The second kappa shape index (κ2) is 4.63. The SMILES string of the molecule is Cc1cccc(NC2CS(=O)(=O)c3ccccc32)c1C. The Kier molecular flexibility index (Phi) is 3.05. The molecule has 0 saturated carbocycles. The minimum atomic E-state index is -3.16. The number of sulfone groups is 1. The highest BCUT2D eigenvalue weighted by Crippen LogP contribution is 2.36. The van der Waals surface area contributed by atoms with Gasteiger partial charge in [0.25, 0.3) is 0 Å². The monoisotopic (exact) mass is 287 g/mol. The van der Waals surface area contributed by atoms with Crippen LogP contribution in [0.5, 0.6) is 0 Å². The molecule has 1 aliphatic rings. The Labute approximate surface area is 119 Å². The molecule has 2 aromatic carbocycles. The highest BCUT2D eigenvalue weighted by Gasteiger charge is 2.34. The molecule has 0 saturated heterocycles. The maximum atomic E-state index is 12.2. The summed E-state index contributed by atoms with van der Waals surface area (Å²) < 4.78 is 24.3. The number of hydrogen-bond donors (Lipinski definition) is 1. The van der Waals surface area contributed by atoms with Crippen LogP contribution in [-0.4, -0.2) is 14.2 Å². The fourth-order valence-corrected chi connectivity index (χ4v) is 4.40. The van der Waals surface area contributed by atoms with Crippen molar-refractivity contribution in [2.75, 3.05) is 11.1 Å². The molecule has 0 spiro atoms. The van der Waals surface area contributed by atoms with Gasteiger partial charge in [0.15, 0.2) is 9.84 Å². The lowest BCUT2D eigenvalue weighted by Gasteiger charge is -2.17. The van der Waals surface area contributed by atoms with Crippen LogP contribution in [0.3, 0.4) is 0 Å². The van der Waals surface area contributed by atoms with Crippen LogP contribution >= 0.6 is 0 Å². The van der Waals surface area contributed by atoms with Gasteiger partial charge >= 0.3 is 0 Å². The highest BCUT2D eigenvalue weighted by molar-refractivity contribution is 7.91. The Morgan fingerprint density at radius 1 is 1.05 bits per heavy atom. The lowest BCUT2D eigenvalue weighted by molar-refractivity contribution is 0.598. The summed E-state index contributed by atoms with van der Waals surface area (Å²) >= 11 is 0. The fraction of sp³-hybridized carbons (Fsp3) is 0.250. The molecule has 1 N–H and O–H groups in total. The van der Waals surface area contributed by atoms with Crippen LogP contribution in [0, 0.1) is 13.8 Å².